The highest BCUT2D eigenvalue weighted by atomic mass is 32.1. The maximum Gasteiger partial charge on any atom is 0.297 e. The smallest absolute Gasteiger partial charge is 0.297 e. The molecule has 8 heteroatoms. The zero-order valence-electron chi connectivity index (χ0n) is 25.5. The van der Waals surface area contributed by atoms with Gasteiger partial charge in [-0.3, -0.25) is 19.3 Å². The van der Waals surface area contributed by atoms with Crippen molar-refractivity contribution in [2.24, 2.45) is 0 Å². The second-order valence-electron chi connectivity index (χ2n) is 12.2. The molecule has 1 atom stereocenters. The Morgan fingerprint density at radius 2 is 1.56 bits per heavy atom. The molecule has 0 N–H and O–H groups in total. The number of hydrogen-bond donors (Lipinski definition) is 0. The number of aromatic nitrogens is 1. The Morgan fingerprint density at radius 3 is 2.33 bits per heavy atom. The van der Waals surface area contributed by atoms with E-state index in [2.05, 4.69) is 0 Å². The molecule has 4 aromatic carbocycles. The predicted molar refractivity (Wildman–Crippen MR) is 177 cm³/mol. The van der Waals surface area contributed by atoms with Gasteiger partial charge in [0.1, 0.15) is 5.58 Å². The molecule has 0 fully saturated rings. The molecule has 0 bridgehead atoms. The molecule has 2 amide bonds. The van der Waals surface area contributed by atoms with Gasteiger partial charge >= 0.3 is 0 Å². The lowest BCUT2D eigenvalue weighted by Crippen LogP contribution is -2.53. The van der Waals surface area contributed by atoms with E-state index in [1.807, 2.05) is 95.3 Å². The van der Waals surface area contributed by atoms with Crippen molar-refractivity contribution in [3.05, 3.63) is 133 Å². The maximum absolute atomic E-state index is 15.2. The Labute approximate surface area is 263 Å². The summed E-state index contributed by atoms with van der Waals surface area (Å²) in [6.07, 6.45) is 0. The topological polar surface area (TPSA) is 83.7 Å². The molecular formula is C37H29N3O4S. The molecule has 8 rings (SSSR count). The van der Waals surface area contributed by atoms with Gasteiger partial charge in [-0.1, -0.05) is 65.4 Å². The van der Waals surface area contributed by atoms with Crippen LogP contribution in [-0.4, -0.2) is 16.8 Å². The van der Waals surface area contributed by atoms with Gasteiger partial charge in [0, 0.05) is 5.56 Å². The standard InChI is InChI=1S/C37H29N3O4S/c1-19-10-12-24(13-11-19)18-39-27-9-7-6-8-26(27)37(35(39)43)30-32(41)25-16-21(3)22(4)17-28(25)44-33(30)34(42)40(37)36-38-31-23(5)14-20(2)15-29(31)45-36/h6-17H,18H2,1-5H3. The molecule has 0 saturated heterocycles. The fourth-order valence-electron chi connectivity index (χ4n) is 6.91. The van der Waals surface area contributed by atoms with Crippen LogP contribution in [0.5, 0.6) is 0 Å². The quantitative estimate of drug-likeness (QED) is 0.208. The SMILES string of the molecule is Cc1ccc(CN2C(=O)C3(c4ccccc42)c2c(oc4cc(C)c(C)cc4c2=O)C(=O)N3c2nc3c(C)cc(C)cc3s2)cc1. The zero-order chi connectivity index (χ0) is 31.4. The molecule has 0 radical (unpaired) electrons. The van der Waals surface area contributed by atoms with Gasteiger partial charge in [-0.15, -0.1) is 0 Å². The summed E-state index contributed by atoms with van der Waals surface area (Å²) < 4.78 is 7.23. The minimum Gasteiger partial charge on any atom is -0.450 e. The average molecular weight is 612 g/mol. The first-order valence-corrected chi connectivity index (χ1v) is 15.7. The first-order chi connectivity index (χ1) is 21.6. The molecule has 0 saturated carbocycles. The van der Waals surface area contributed by atoms with E-state index in [1.165, 1.54) is 16.2 Å². The van der Waals surface area contributed by atoms with E-state index in [9.17, 15) is 9.59 Å². The number of benzene rings is 4. The lowest BCUT2D eigenvalue weighted by atomic mass is 9.84. The van der Waals surface area contributed by atoms with Crippen molar-refractivity contribution >= 4 is 55.2 Å². The molecule has 1 unspecified atom stereocenters. The first kappa shape index (κ1) is 27.5. The summed E-state index contributed by atoms with van der Waals surface area (Å²) in [4.78, 5) is 52.6. The number of rotatable bonds is 3. The summed E-state index contributed by atoms with van der Waals surface area (Å²) in [5.41, 5.74) is 6.06. The van der Waals surface area contributed by atoms with Crippen molar-refractivity contribution < 1.29 is 14.0 Å². The average Bonchev–Trinajstić information content (AvgIpc) is 3.62. The summed E-state index contributed by atoms with van der Waals surface area (Å²) in [6.45, 7) is 10.1. The van der Waals surface area contributed by atoms with Gasteiger partial charge in [-0.2, -0.15) is 0 Å². The third kappa shape index (κ3) is 3.69. The Morgan fingerprint density at radius 1 is 0.822 bits per heavy atom. The third-order valence-corrected chi connectivity index (χ3v) is 10.2. The van der Waals surface area contributed by atoms with E-state index in [4.69, 9.17) is 9.40 Å². The largest absolute Gasteiger partial charge is 0.450 e. The molecule has 7 nitrogen and oxygen atoms in total. The maximum atomic E-state index is 15.2. The summed E-state index contributed by atoms with van der Waals surface area (Å²) in [6, 6.07) is 23.1. The second-order valence-corrected chi connectivity index (χ2v) is 13.2. The number of nitrogens with zero attached hydrogens (tertiary/aromatic N) is 3. The van der Waals surface area contributed by atoms with Crippen LogP contribution < -0.4 is 15.2 Å². The number of aryl methyl sites for hydroxylation is 5. The molecule has 2 aromatic heterocycles. The van der Waals surface area contributed by atoms with Gasteiger partial charge in [0.05, 0.1) is 33.4 Å². The number of anilines is 2. The number of thiazole rings is 1. The summed E-state index contributed by atoms with van der Waals surface area (Å²) in [5.74, 6) is -1.07. The van der Waals surface area contributed by atoms with E-state index in [0.717, 1.165) is 43.6 Å². The minimum atomic E-state index is -1.79. The summed E-state index contributed by atoms with van der Waals surface area (Å²) in [5, 5.41) is 0.676. The summed E-state index contributed by atoms with van der Waals surface area (Å²) >= 11 is 1.34. The first-order valence-electron chi connectivity index (χ1n) is 14.9. The van der Waals surface area contributed by atoms with Crippen LogP contribution in [-0.2, 0) is 16.9 Å². The molecule has 45 heavy (non-hydrogen) atoms. The van der Waals surface area contributed by atoms with Crippen molar-refractivity contribution in [1.29, 1.82) is 0 Å². The van der Waals surface area contributed by atoms with Gasteiger partial charge in [0.15, 0.2) is 16.1 Å². The molecule has 6 aromatic rings. The van der Waals surface area contributed by atoms with Gasteiger partial charge in [-0.05, 0) is 86.7 Å². The third-order valence-electron chi connectivity index (χ3n) is 9.21. The highest BCUT2D eigenvalue weighted by molar-refractivity contribution is 7.22. The lowest BCUT2D eigenvalue weighted by molar-refractivity contribution is -0.121. The highest BCUT2D eigenvalue weighted by Gasteiger charge is 2.66. The van der Waals surface area contributed by atoms with Gasteiger partial charge in [-0.25, -0.2) is 4.98 Å². The van der Waals surface area contributed by atoms with Crippen LogP contribution in [0.15, 0.2) is 82.0 Å². The monoisotopic (exact) mass is 611 g/mol. The van der Waals surface area contributed by atoms with Crippen molar-refractivity contribution in [2.75, 3.05) is 9.80 Å². The van der Waals surface area contributed by atoms with Crippen LogP contribution in [0.25, 0.3) is 21.2 Å². The van der Waals surface area contributed by atoms with Crippen LogP contribution in [0, 0.1) is 34.6 Å². The van der Waals surface area contributed by atoms with Crippen LogP contribution in [0.2, 0.25) is 0 Å². The van der Waals surface area contributed by atoms with Crippen LogP contribution in [0.1, 0.15) is 55.1 Å². The predicted octanol–water partition coefficient (Wildman–Crippen LogP) is 7.40. The second kappa shape index (κ2) is 9.46. The zero-order valence-corrected chi connectivity index (χ0v) is 26.3. The Bertz CT molecular complexity index is 2340. The fraction of sp³-hybridized carbons (Fsp3) is 0.189. The van der Waals surface area contributed by atoms with Crippen molar-refractivity contribution in [1.82, 2.24) is 4.98 Å². The fourth-order valence-corrected chi connectivity index (χ4v) is 8.10. The molecule has 1 spiro atoms. The van der Waals surface area contributed by atoms with Crippen molar-refractivity contribution in [2.45, 2.75) is 46.7 Å². The molecular weight excluding hydrogens is 582 g/mol. The van der Waals surface area contributed by atoms with Crippen molar-refractivity contribution in [3.63, 3.8) is 0 Å². The minimum absolute atomic E-state index is 0.0410. The van der Waals surface area contributed by atoms with E-state index >= 15 is 4.79 Å². The molecule has 0 aliphatic carbocycles. The Hall–Kier alpha value is -5.08. The van der Waals surface area contributed by atoms with E-state index < -0.39 is 16.9 Å². The Kier molecular flexibility index (Phi) is 5.77. The number of hydrogen-bond acceptors (Lipinski definition) is 6. The summed E-state index contributed by atoms with van der Waals surface area (Å²) in [7, 11) is 0. The normalized spacial score (nSPS) is 17.3. The molecule has 222 valence electrons. The highest BCUT2D eigenvalue weighted by Crippen LogP contribution is 2.55. The molecule has 2 aliphatic heterocycles. The van der Waals surface area contributed by atoms with Gasteiger partial charge in [0.2, 0.25) is 5.76 Å². The van der Waals surface area contributed by atoms with E-state index in [-0.39, 0.29) is 23.8 Å². The van der Waals surface area contributed by atoms with E-state index in [0.29, 0.717) is 27.4 Å². The van der Waals surface area contributed by atoms with Crippen molar-refractivity contribution in [3.8, 4) is 0 Å². The molecule has 4 heterocycles. The number of carbonyl (C=O) groups excluding carboxylic acids is 2. The number of amides is 2. The lowest BCUT2D eigenvalue weighted by Gasteiger charge is -2.32. The van der Waals surface area contributed by atoms with E-state index in [1.54, 1.807) is 17.0 Å². The van der Waals surface area contributed by atoms with Crippen LogP contribution in [0.3, 0.4) is 0 Å². The Balaban J connectivity index is 1.46. The molecule has 2 aliphatic rings. The van der Waals surface area contributed by atoms with Gasteiger partial charge in [0.25, 0.3) is 11.8 Å². The number of carbonyl (C=O) groups is 2. The number of para-hydroxylation sites is 1. The van der Waals surface area contributed by atoms with Crippen LogP contribution in [0.4, 0.5) is 10.8 Å². The van der Waals surface area contributed by atoms with Gasteiger partial charge < -0.3 is 9.32 Å². The van der Waals surface area contributed by atoms with Crippen LogP contribution >= 0.6 is 11.3 Å². The number of fused-ring (bicyclic) bond motifs is 6.